The third-order valence-electron chi connectivity index (χ3n) is 0. The maximum atomic E-state index is 6.25. The van der Waals surface area contributed by atoms with Gasteiger partial charge < -0.3 is 6.15 Å². The second-order valence-electron chi connectivity index (χ2n) is 0. The summed E-state index contributed by atoms with van der Waals surface area (Å²) in [5.41, 5.74) is 0. The molecule has 0 amide bonds. The SMILES string of the molecule is N.[C]#N.[C]#N.[C]#N.[C]#N.[C]#N.[Co].[K+].[K+].[K+]. The Morgan fingerprint density at radius 3 is 0.400 bits per heavy atom. The molecule has 6 nitrogen and oxygen atoms in total. The fraction of sp³-hybridized carbons (Fsp3) is 0. The van der Waals surface area contributed by atoms with E-state index < -0.39 is 0 Å². The predicted molar refractivity (Wildman–Crippen MR) is 29.9 cm³/mol. The van der Waals surface area contributed by atoms with Gasteiger partial charge in [0.15, 0.2) is 32.9 Å². The van der Waals surface area contributed by atoms with Gasteiger partial charge in [0, 0.05) is 16.8 Å². The summed E-state index contributed by atoms with van der Waals surface area (Å²) in [6.45, 7) is 23.8. The van der Waals surface area contributed by atoms with Crippen molar-refractivity contribution in [1.29, 1.82) is 26.3 Å². The molecule has 0 bridgehead atoms. The van der Waals surface area contributed by atoms with E-state index in [0.717, 1.165) is 0 Å². The van der Waals surface area contributed by atoms with Crippen molar-refractivity contribution in [3.63, 3.8) is 0 Å². The Hall–Kier alpha value is 2.83. The Labute approximate surface area is 229 Å². The molecule has 0 aromatic heterocycles. The molecular formula is C5H3CoK3N6+3. The third kappa shape index (κ3) is 463. The van der Waals surface area contributed by atoms with E-state index in [1.807, 2.05) is 0 Å². The zero-order valence-corrected chi connectivity index (χ0v) is 19.2. The smallest absolute Gasteiger partial charge is 0.344 e. The Morgan fingerprint density at radius 2 is 0.400 bits per heavy atom. The van der Waals surface area contributed by atoms with E-state index in [9.17, 15) is 0 Å². The van der Waals surface area contributed by atoms with Crippen LogP contribution in [-0.2, 0) is 16.8 Å². The van der Waals surface area contributed by atoms with Crippen LogP contribution in [-0.4, -0.2) is 0 Å². The molecule has 0 aliphatic carbocycles. The first-order valence-electron chi connectivity index (χ1n) is 1.12. The number of hydrogen-bond acceptors (Lipinski definition) is 6. The van der Waals surface area contributed by atoms with E-state index in [4.69, 9.17) is 59.2 Å². The van der Waals surface area contributed by atoms with Gasteiger partial charge in [-0.3, -0.25) is 0 Å². The molecule has 3 N–H and O–H groups in total. The van der Waals surface area contributed by atoms with E-state index in [1.165, 1.54) is 0 Å². The average Bonchev–Trinajstić information content (AvgIpc) is 2.20. The van der Waals surface area contributed by atoms with E-state index in [-0.39, 0.29) is 177 Å². The van der Waals surface area contributed by atoms with Gasteiger partial charge in [0.2, 0.25) is 0 Å². The largest absolute Gasteiger partial charge is 1.00 e. The maximum Gasteiger partial charge on any atom is 1.00 e. The Bertz CT molecular complexity index is 85.3. The van der Waals surface area contributed by atoms with Crippen molar-refractivity contribution in [3.8, 4) is 0 Å². The van der Waals surface area contributed by atoms with Crippen molar-refractivity contribution in [2.24, 2.45) is 0 Å². The monoisotopic (exact) mass is 323 g/mol. The minimum absolute atomic E-state index is 0. The van der Waals surface area contributed by atoms with E-state index in [1.54, 1.807) is 0 Å². The fourth-order valence-electron chi connectivity index (χ4n) is 0. The molecule has 0 heterocycles. The summed E-state index contributed by atoms with van der Waals surface area (Å²) >= 11 is 0. The summed E-state index contributed by atoms with van der Waals surface area (Å²) in [6.07, 6.45) is 0. The van der Waals surface area contributed by atoms with Gasteiger partial charge in [0.05, 0.1) is 0 Å². The Kier molecular flexibility index (Phi) is 2900. The van der Waals surface area contributed by atoms with Crippen molar-refractivity contribution in [2.75, 3.05) is 0 Å². The van der Waals surface area contributed by atoms with Crippen LogP contribution in [0.3, 0.4) is 0 Å². The molecule has 15 heavy (non-hydrogen) atoms. The normalized spacial score (nSPS) is 0.667. The summed E-state index contributed by atoms with van der Waals surface area (Å²) in [4.78, 5) is 0. The van der Waals surface area contributed by atoms with E-state index in [0.29, 0.717) is 0 Å². The van der Waals surface area contributed by atoms with Gasteiger partial charge in [-0.2, -0.15) is 26.3 Å². The predicted octanol–water partition coefficient (Wildman–Crippen LogP) is -8.35. The molecule has 62 valence electrons. The summed E-state index contributed by atoms with van der Waals surface area (Å²) < 4.78 is 0. The summed E-state index contributed by atoms with van der Waals surface area (Å²) in [7, 11) is 0. The van der Waals surface area contributed by atoms with Gasteiger partial charge >= 0.3 is 154 Å². The molecule has 10 heteroatoms. The van der Waals surface area contributed by atoms with Crippen LogP contribution < -0.4 is 160 Å². The fourth-order valence-corrected chi connectivity index (χ4v) is 0. The minimum Gasteiger partial charge on any atom is -0.344 e. The van der Waals surface area contributed by atoms with Gasteiger partial charge in [-0.15, -0.1) is 0 Å². The van der Waals surface area contributed by atoms with Crippen LogP contribution >= 0.6 is 0 Å². The van der Waals surface area contributed by atoms with E-state index >= 15 is 0 Å². The van der Waals surface area contributed by atoms with Crippen LogP contribution in [0, 0.1) is 59.2 Å². The van der Waals surface area contributed by atoms with Gasteiger partial charge in [0.25, 0.3) is 0 Å². The second kappa shape index (κ2) is 528. The molecule has 0 saturated heterocycles. The standard InChI is InChI=1S/5CN.Co.3K.H3N/c5*1-2;;;;;/h;;;;;;;;;1H3/q;;;;;;3*+1;. The molecular weight excluding hydrogens is 320 g/mol. The summed E-state index contributed by atoms with van der Waals surface area (Å²) in [5.74, 6) is 0. The van der Waals surface area contributed by atoms with Crippen molar-refractivity contribution in [1.82, 2.24) is 6.15 Å². The van der Waals surface area contributed by atoms with Crippen molar-refractivity contribution >= 4 is 0 Å². The van der Waals surface area contributed by atoms with Crippen LogP contribution in [0.5, 0.6) is 0 Å². The van der Waals surface area contributed by atoms with Gasteiger partial charge in [-0.05, 0) is 0 Å². The molecule has 0 aliphatic heterocycles. The van der Waals surface area contributed by atoms with Crippen LogP contribution in [0.25, 0.3) is 0 Å². The average molecular weight is 323 g/mol. The van der Waals surface area contributed by atoms with Gasteiger partial charge in [-0.25, -0.2) is 0 Å². The second-order valence-corrected chi connectivity index (χ2v) is 0. The van der Waals surface area contributed by atoms with Crippen molar-refractivity contribution in [2.45, 2.75) is 0 Å². The van der Waals surface area contributed by atoms with Crippen LogP contribution in [0.2, 0.25) is 0 Å². The van der Waals surface area contributed by atoms with E-state index in [2.05, 4.69) is 0 Å². The molecule has 0 aliphatic rings. The topological polar surface area (TPSA) is 154 Å². The minimum atomic E-state index is 0. The number of rotatable bonds is 0. The van der Waals surface area contributed by atoms with Crippen molar-refractivity contribution < 1.29 is 171 Å². The summed E-state index contributed by atoms with van der Waals surface area (Å²) in [5, 5.41) is 31.2. The van der Waals surface area contributed by atoms with Crippen LogP contribution in [0.1, 0.15) is 0 Å². The third-order valence-corrected chi connectivity index (χ3v) is 0. The molecule has 0 saturated carbocycles. The first-order chi connectivity index (χ1) is 5.00. The van der Waals surface area contributed by atoms with Crippen molar-refractivity contribution in [3.05, 3.63) is 32.9 Å². The zero-order chi connectivity index (χ0) is 10.0. The summed E-state index contributed by atoms with van der Waals surface area (Å²) in [6, 6.07) is 0. The number of nitrogens with zero attached hydrogens (tertiary/aromatic N) is 5. The quantitative estimate of drug-likeness (QED) is 0.437. The van der Waals surface area contributed by atoms with Crippen LogP contribution in [0.4, 0.5) is 0 Å². The molecule has 0 aromatic carbocycles. The zero-order valence-electron chi connectivity index (χ0n) is 8.78. The molecule has 6 radical (unpaired) electrons. The first-order valence-corrected chi connectivity index (χ1v) is 1.12. The molecule has 0 aromatic rings. The first kappa shape index (κ1) is 82.4. The molecule has 0 unspecified atom stereocenters. The molecule has 0 rings (SSSR count). The van der Waals surface area contributed by atoms with Gasteiger partial charge in [0.1, 0.15) is 0 Å². The Balaban J connectivity index is -0.00000000240. The number of hydrogen-bond donors (Lipinski definition) is 1. The molecule has 0 atom stereocenters. The molecule has 0 fully saturated rings. The maximum absolute atomic E-state index is 6.25. The van der Waals surface area contributed by atoms with Gasteiger partial charge in [-0.1, -0.05) is 0 Å². The van der Waals surface area contributed by atoms with Crippen LogP contribution in [0.15, 0.2) is 0 Å². The Morgan fingerprint density at radius 1 is 0.400 bits per heavy atom. The molecule has 0 spiro atoms.